The summed E-state index contributed by atoms with van der Waals surface area (Å²) in [5.74, 6) is 1.18. The van der Waals surface area contributed by atoms with Gasteiger partial charge in [0.05, 0.1) is 24.7 Å². The van der Waals surface area contributed by atoms with Crippen LogP contribution in [0.5, 0.6) is 11.5 Å². The van der Waals surface area contributed by atoms with Crippen LogP contribution in [0.2, 0.25) is 5.02 Å². The van der Waals surface area contributed by atoms with E-state index in [-0.39, 0.29) is 17.9 Å². The van der Waals surface area contributed by atoms with Gasteiger partial charge < -0.3 is 14.8 Å². The summed E-state index contributed by atoms with van der Waals surface area (Å²) in [6.07, 6.45) is 1.98. The predicted octanol–water partition coefficient (Wildman–Crippen LogP) is 3.35. The highest BCUT2D eigenvalue weighted by atomic mass is 35.5. The lowest BCUT2D eigenvalue weighted by molar-refractivity contribution is -0.122. The minimum Gasteiger partial charge on any atom is -0.489 e. The molecule has 21 heavy (non-hydrogen) atoms. The number of hydrogen-bond donors (Lipinski definition) is 1. The molecule has 0 spiro atoms. The van der Waals surface area contributed by atoms with Crippen LogP contribution < -0.4 is 14.8 Å². The molecule has 1 aliphatic heterocycles. The molecule has 116 valence electrons. The van der Waals surface area contributed by atoms with Crippen LogP contribution in [0, 0.1) is 0 Å². The third kappa shape index (κ3) is 4.27. The monoisotopic (exact) mass is 311 g/mol. The van der Waals surface area contributed by atoms with Gasteiger partial charge in [-0.05, 0) is 38.0 Å². The Balaban J connectivity index is 2.12. The topological polar surface area (TPSA) is 47.6 Å². The van der Waals surface area contributed by atoms with E-state index >= 15 is 0 Å². The SMILES string of the molecule is CCC(C)(C)NC(=O)Cc1cc(Cl)c2c(c1)OCCCO2. The maximum Gasteiger partial charge on any atom is 0.224 e. The Kier molecular flexibility index (Phi) is 4.99. The fourth-order valence-corrected chi connectivity index (χ4v) is 2.37. The van der Waals surface area contributed by atoms with Crippen LogP contribution in [0.1, 0.15) is 39.2 Å². The highest BCUT2D eigenvalue weighted by Gasteiger charge is 2.20. The second-order valence-electron chi connectivity index (χ2n) is 5.92. The maximum absolute atomic E-state index is 12.1. The van der Waals surface area contributed by atoms with Crippen molar-refractivity contribution < 1.29 is 14.3 Å². The molecule has 0 saturated carbocycles. The van der Waals surface area contributed by atoms with Gasteiger partial charge in [-0.3, -0.25) is 4.79 Å². The molecule has 2 rings (SSSR count). The molecule has 1 N–H and O–H groups in total. The number of hydrogen-bond acceptors (Lipinski definition) is 3. The number of fused-ring (bicyclic) bond motifs is 1. The number of halogens is 1. The van der Waals surface area contributed by atoms with E-state index in [1.807, 2.05) is 26.8 Å². The van der Waals surface area contributed by atoms with Crippen LogP contribution in [-0.2, 0) is 11.2 Å². The van der Waals surface area contributed by atoms with Crippen LogP contribution in [-0.4, -0.2) is 24.7 Å². The molecule has 1 amide bonds. The van der Waals surface area contributed by atoms with E-state index in [1.165, 1.54) is 0 Å². The van der Waals surface area contributed by atoms with Crippen LogP contribution in [0.3, 0.4) is 0 Å². The van der Waals surface area contributed by atoms with Gasteiger partial charge in [0.15, 0.2) is 11.5 Å². The molecule has 4 nitrogen and oxygen atoms in total. The number of carbonyl (C=O) groups is 1. The van der Waals surface area contributed by atoms with Crippen molar-refractivity contribution in [3.63, 3.8) is 0 Å². The number of nitrogens with one attached hydrogen (secondary N) is 1. The Morgan fingerprint density at radius 2 is 2.05 bits per heavy atom. The van der Waals surface area contributed by atoms with Crippen molar-refractivity contribution in [1.29, 1.82) is 0 Å². The first-order valence-electron chi connectivity index (χ1n) is 7.30. The Labute approximate surface area is 130 Å². The zero-order valence-corrected chi connectivity index (χ0v) is 13.5. The van der Waals surface area contributed by atoms with E-state index in [2.05, 4.69) is 5.32 Å². The summed E-state index contributed by atoms with van der Waals surface area (Å²) in [6, 6.07) is 3.61. The van der Waals surface area contributed by atoms with Crippen molar-refractivity contribution in [1.82, 2.24) is 5.32 Å². The number of benzene rings is 1. The summed E-state index contributed by atoms with van der Waals surface area (Å²) >= 11 is 6.23. The van der Waals surface area contributed by atoms with Gasteiger partial charge in [0, 0.05) is 12.0 Å². The second-order valence-corrected chi connectivity index (χ2v) is 6.32. The lowest BCUT2D eigenvalue weighted by atomic mass is 10.0. The number of amides is 1. The van der Waals surface area contributed by atoms with E-state index in [0.29, 0.717) is 29.7 Å². The summed E-state index contributed by atoms with van der Waals surface area (Å²) < 4.78 is 11.2. The predicted molar refractivity (Wildman–Crippen MR) is 83.3 cm³/mol. The van der Waals surface area contributed by atoms with Crippen LogP contribution >= 0.6 is 11.6 Å². The molecule has 0 unspecified atom stereocenters. The first-order valence-corrected chi connectivity index (χ1v) is 7.68. The zero-order chi connectivity index (χ0) is 15.5. The van der Waals surface area contributed by atoms with Gasteiger partial charge in [0.1, 0.15) is 0 Å². The molecule has 0 fully saturated rings. The molecule has 1 aromatic carbocycles. The summed E-state index contributed by atoms with van der Waals surface area (Å²) in [5.41, 5.74) is 0.625. The average molecular weight is 312 g/mol. The Morgan fingerprint density at radius 1 is 1.33 bits per heavy atom. The molecule has 1 aliphatic rings. The van der Waals surface area contributed by atoms with E-state index in [4.69, 9.17) is 21.1 Å². The van der Waals surface area contributed by atoms with Crippen molar-refractivity contribution in [3.8, 4) is 11.5 Å². The fraction of sp³-hybridized carbons (Fsp3) is 0.562. The standard InChI is InChI=1S/C16H22ClNO3/c1-4-16(2,3)18-14(19)10-11-8-12(17)15-13(9-11)20-6-5-7-21-15/h8-9H,4-7,10H2,1-3H3,(H,18,19). The molecule has 0 aromatic heterocycles. The molecule has 0 bridgehead atoms. The highest BCUT2D eigenvalue weighted by molar-refractivity contribution is 6.32. The van der Waals surface area contributed by atoms with Crippen molar-refractivity contribution >= 4 is 17.5 Å². The summed E-state index contributed by atoms with van der Waals surface area (Å²) in [6.45, 7) is 7.25. The van der Waals surface area contributed by atoms with Gasteiger partial charge in [0.25, 0.3) is 0 Å². The summed E-state index contributed by atoms with van der Waals surface area (Å²) in [4.78, 5) is 12.1. The maximum atomic E-state index is 12.1. The molecule has 0 atom stereocenters. The van der Waals surface area contributed by atoms with Crippen LogP contribution in [0.4, 0.5) is 0 Å². The van der Waals surface area contributed by atoms with Crippen molar-refractivity contribution in [3.05, 3.63) is 22.7 Å². The minimum absolute atomic E-state index is 0.0209. The Hall–Kier alpha value is -1.42. The van der Waals surface area contributed by atoms with Crippen molar-refractivity contribution in [2.75, 3.05) is 13.2 Å². The third-order valence-corrected chi connectivity index (χ3v) is 3.87. The fourth-order valence-electron chi connectivity index (χ4n) is 2.08. The smallest absolute Gasteiger partial charge is 0.224 e. The van der Waals surface area contributed by atoms with Gasteiger partial charge in [0.2, 0.25) is 5.91 Å². The summed E-state index contributed by atoms with van der Waals surface area (Å²) in [5, 5.41) is 3.50. The summed E-state index contributed by atoms with van der Waals surface area (Å²) in [7, 11) is 0. The normalized spacial score (nSPS) is 14.5. The number of ether oxygens (including phenoxy) is 2. The zero-order valence-electron chi connectivity index (χ0n) is 12.8. The third-order valence-electron chi connectivity index (χ3n) is 3.59. The van der Waals surface area contributed by atoms with Gasteiger partial charge in [-0.15, -0.1) is 0 Å². The first-order chi connectivity index (χ1) is 9.91. The molecule has 0 radical (unpaired) electrons. The van der Waals surface area contributed by atoms with Gasteiger partial charge in [-0.25, -0.2) is 0 Å². The average Bonchev–Trinajstić information content (AvgIpc) is 2.63. The largest absolute Gasteiger partial charge is 0.489 e. The quantitative estimate of drug-likeness (QED) is 0.927. The Morgan fingerprint density at radius 3 is 2.76 bits per heavy atom. The highest BCUT2D eigenvalue weighted by Crippen LogP contribution is 2.38. The van der Waals surface area contributed by atoms with Crippen molar-refractivity contribution in [2.24, 2.45) is 0 Å². The minimum atomic E-state index is -0.202. The van der Waals surface area contributed by atoms with Gasteiger partial charge >= 0.3 is 0 Å². The molecule has 0 saturated heterocycles. The number of rotatable bonds is 4. The van der Waals surface area contributed by atoms with E-state index in [9.17, 15) is 4.79 Å². The van der Waals surface area contributed by atoms with E-state index < -0.39 is 0 Å². The molecule has 0 aliphatic carbocycles. The molecular formula is C16H22ClNO3. The molecule has 1 heterocycles. The van der Waals surface area contributed by atoms with E-state index in [0.717, 1.165) is 18.4 Å². The van der Waals surface area contributed by atoms with E-state index in [1.54, 1.807) is 6.07 Å². The molecule has 5 heteroatoms. The van der Waals surface area contributed by atoms with Crippen LogP contribution in [0.15, 0.2) is 12.1 Å². The molecule has 1 aromatic rings. The Bertz CT molecular complexity index is 528. The lowest BCUT2D eigenvalue weighted by Crippen LogP contribution is -2.43. The van der Waals surface area contributed by atoms with Crippen LogP contribution in [0.25, 0.3) is 0 Å². The van der Waals surface area contributed by atoms with Gasteiger partial charge in [-0.2, -0.15) is 0 Å². The second kappa shape index (κ2) is 6.56. The number of carbonyl (C=O) groups excluding carboxylic acids is 1. The van der Waals surface area contributed by atoms with Crippen molar-refractivity contribution in [2.45, 2.75) is 45.6 Å². The van der Waals surface area contributed by atoms with Gasteiger partial charge in [-0.1, -0.05) is 18.5 Å². The lowest BCUT2D eigenvalue weighted by Gasteiger charge is -2.24. The molecular weight excluding hydrogens is 290 g/mol. The first kappa shape index (κ1) is 16.0.